The van der Waals surface area contributed by atoms with E-state index in [2.05, 4.69) is 5.32 Å². The number of hydrogen-bond acceptors (Lipinski definition) is 3. The van der Waals surface area contributed by atoms with Gasteiger partial charge in [0.2, 0.25) is 0 Å². The molecule has 18 heavy (non-hydrogen) atoms. The highest BCUT2D eigenvalue weighted by Crippen LogP contribution is 2.26. The summed E-state index contributed by atoms with van der Waals surface area (Å²) >= 11 is 5.95. The maximum Gasteiger partial charge on any atom is 0.260 e. The zero-order valence-electron chi connectivity index (χ0n) is 10.4. The van der Waals surface area contributed by atoms with Gasteiger partial charge in [0, 0.05) is 6.54 Å². The molecule has 0 unspecified atom stereocenters. The molecule has 1 rings (SSSR count). The highest BCUT2D eigenvalue weighted by Gasteiger charge is 2.15. The van der Waals surface area contributed by atoms with E-state index in [9.17, 15) is 4.79 Å². The lowest BCUT2D eigenvalue weighted by Crippen LogP contribution is -2.36. The van der Waals surface area contributed by atoms with E-state index >= 15 is 0 Å². The maximum atomic E-state index is 11.6. The molecule has 0 radical (unpaired) electrons. The fourth-order valence-electron chi connectivity index (χ4n) is 1.30. The molecule has 0 fully saturated rings. The molecule has 4 nitrogen and oxygen atoms in total. The Morgan fingerprint density at radius 2 is 2.33 bits per heavy atom. The average Bonchev–Trinajstić information content (AvgIpc) is 2.38. The Morgan fingerprint density at radius 1 is 1.61 bits per heavy atom. The summed E-state index contributed by atoms with van der Waals surface area (Å²) in [6.07, 6.45) is 0.248. The molecular weight excluding hydrogens is 252 g/mol. The van der Waals surface area contributed by atoms with Crippen molar-refractivity contribution in [1.82, 2.24) is 5.32 Å². The fourth-order valence-corrected chi connectivity index (χ4v) is 1.53. The Bertz CT molecular complexity index is 469. The first kappa shape index (κ1) is 14.3. The lowest BCUT2D eigenvalue weighted by Gasteiger charge is -2.15. The van der Waals surface area contributed by atoms with E-state index in [0.29, 0.717) is 22.9 Å². The van der Waals surface area contributed by atoms with Crippen molar-refractivity contribution >= 4 is 17.5 Å². The lowest BCUT2D eigenvalue weighted by molar-refractivity contribution is -0.127. The van der Waals surface area contributed by atoms with Gasteiger partial charge in [-0.15, -0.1) is 0 Å². The summed E-state index contributed by atoms with van der Waals surface area (Å²) in [4.78, 5) is 11.6. The fraction of sp³-hybridized carbons (Fsp3) is 0.385. The number of nitriles is 1. The van der Waals surface area contributed by atoms with E-state index in [1.54, 1.807) is 19.1 Å². The second kappa shape index (κ2) is 6.87. The monoisotopic (exact) mass is 266 g/mol. The molecule has 1 aromatic rings. The Labute approximate surface area is 112 Å². The molecule has 0 bridgehead atoms. The second-order valence-corrected chi connectivity index (χ2v) is 4.22. The van der Waals surface area contributed by atoms with Gasteiger partial charge in [-0.1, -0.05) is 18.5 Å². The van der Waals surface area contributed by atoms with Crippen molar-refractivity contribution in [3.63, 3.8) is 0 Å². The number of benzene rings is 1. The Hall–Kier alpha value is -1.73. The van der Waals surface area contributed by atoms with E-state index in [-0.39, 0.29) is 5.91 Å². The molecule has 0 heterocycles. The second-order valence-electron chi connectivity index (χ2n) is 3.81. The summed E-state index contributed by atoms with van der Waals surface area (Å²) in [5, 5.41) is 11.8. The number of carbonyl (C=O) groups is 1. The molecule has 0 aliphatic rings. The smallest absolute Gasteiger partial charge is 0.260 e. The van der Waals surface area contributed by atoms with Crippen molar-refractivity contribution in [2.75, 3.05) is 6.54 Å². The van der Waals surface area contributed by atoms with Crippen LogP contribution >= 0.6 is 11.6 Å². The highest BCUT2D eigenvalue weighted by molar-refractivity contribution is 6.32. The van der Waals surface area contributed by atoms with E-state index in [1.165, 1.54) is 6.07 Å². The highest BCUT2D eigenvalue weighted by atomic mass is 35.5. The maximum absolute atomic E-state index is 11.6. The van der Waals surface area contributed by atoms with Gasteiger partial charge in [0.05, 0.1) is 16.7 Å². The summed E-state index contributed by atoms with van der Waals surface area (Å²) in [7, 11) is 0. The predicted molar refractivity (Wildman–Crippen MR) is 69.6 cm³/mol. The summed E-state index contributed by atoms with van der Waals surface area (Å²) in [6, 6.07) is 6.67. The van der Waals surface area contributed by atoms with E-state index in [1.807, 2.05) is 13.0 Å². The van der Waals surface area contributed by atoms with Gasteiger partial charge in [-0.3, -0.25) is 4.79 Å². The van der Waals surface area contributed by atoms with Gasteiger partial charge in [-0.25, -0.2) is 0 Å². The van der Waals surface area contributed by atoms with Crippen LogP contribution in [0.15, 0.2) is 18.2 Å². The number of rotatable bonds is 5. The van der Waals surface area contributed by atoms with Gasteiger partial charge in [0.25, 0.3) is 5.91 Å². The van der Waals surface area contributed by atoms with Crippen LogP contribution in [-0.2, 0) is 4.79 Å². The Balaban J connectivity index is 2.67. The normalized spacial score (nSPS) is 11.4. The van der Waals surface area contributed by atoms with Gasteiger partial charge < -0.3 is 10.1 Å². The molecule has 1 atom stereocenters. The molecule has 0 aliphatic carbocycles. The molecule has 0 aromatic heterocycles. The van der Waals surface area contributed by atoms with Crippen LogP contribution in [0, 0.1) is 11.3 Å². The van der Waals surface area contributed by atoms with Crippen LogP contribution in [0.5, 0.6) is 5.75 Å². The Morgan fingerprint density at radius 3 is 2.89 bits per heavy atom. The number of halogens is 1. The predicted octanol–water partition coefficient (Wildman–Crippen LogP) is 2.51. The number of carbonyl (C=O) groups excluding carboxylic acids is 1. The number of hydrogen-bond donors (Lipinski definition) is 1. The van der Waals surface area contributed by atoms with Crippen molar-refractivity contribution < 1.29 is 9.53 Å². The van der Waals surface area contributed by atoms with Crippen LogP contribution in [0.25, 0.3) is 0 Å². The first-order valence-corrected chi connectivity index (χ1v) is 6.10. The largest absolute Gasteiger partial charge is 0.479 e. The van der Waals surface area contributed by atoms with Crippen LogP contribution in [0.2, 0.25) is 5.02 Å². The zero-order chi connectivity index (χ0) is 13.5. The third-order valence-electron chi connectivity index (χ3n) is 2.28. The molecule has 0 saturated heterocycles. The van der Waals surface area contributed by atoms with Crippen molar-refractivity contribution in [2.45, 2.75) is 26.4 Å². The first-order chi connectivity index (χ1) is 8.58. The standard InChI is InChI=1S/C13H15ClN2O2/c1-3-6-16-13(17)9(2)18-12-5-4-10(8-15)7-11(12)14/h4-5,7,9H,3,6H2,1-2H3,(H,16,17)/t9-/m0/s1. The Kier molecular flexibility index (Phi) is 5.47. The lowest BCUT2D eigenvalue weighted by atomic mass is 10.2. The average molecular weight is 267 g/mol. The molecular formula is C13H15ClN2O2. The summed E-state index contributed by atoms with van der Waals surface area (Å²) in [6.45, 7) is 4.25. The summed E-state index contributed by atoms with van der Waals surface area (Å²) in [5.74, 6) is 0.215. The van der Waals surface area contributed by atoms with Crippen LogP contribution in [0.3, 0.4) is 0 Å². The van der Waals surface area contributed by atoms with Gasteiger partial charge in [-0.2, -0.15) is 5.26 Å². The van der Waals surface area contributed by atoms with Gasteiger partial charge >= 0.3 is 0 Å². The molecule has 1 amide bonds. The molecule has 1 aromatic carbocycles. The van der Waals surface area contributed by atoms with Crippen LogP contribution in [0.4, 0.5) is 0 Å². The molecule has 1 N–H and O–H groups in total. The van der Waals surface area contributed by atoms with E-state index in [0.717, 1.165) is 6.42 Å². The van der Waals surface area contributed by atoms with Crippen LogP contribution in [-0.4, -0.2) is 18.6 Å². The molecule has 0 aliphatic heterocycles. The minimum Gasteiger partial charge on any atom is -0.479 e. The van der Waals surface area contributed by atoms with Gasteiger partial charge in [0.15, 0.2) is 6.10 Å². The number of ether oxygens (including phenoxy) is 1. The van der Waals surface area contributed by atoms with Gasteiger partial charge in [-0.05, 0) is 31.5 Å². The molecule has 0 saturated carbocycles. The molecule has 96 valence electrons. The number of nitrogens with zero attached hydrogens (tertiary/aromatic N) is 1. The van der Waals surface area contributed by atoms with Gasteiger partial charge in [0.1, 0.15) is 5.75 Å². The third-order valence-corrected chi connectivity index (χ3v) is 2.58. The molecule has 0 spiro atoms. The first-order valence-electron chi connectivity index (χ1n) is 5.72. The molecule has 5 heteroatoms. The van der Waals surface area contributed by atoms with Crippen molar-refractivity contribution in [1.29, 1.82) is 5.26 Å². The third kappa shape index (κ3) is 3.94. The van der Waals surface area contributed by atoms with Crippen LogP contribution in [0.1, 0.15) is 25.8 Å². The minimum absolute atomic E-state index is 0.183. The topological polar surface area (TPSA) is 62.1 Å². The van der Waals surface area contributed by atoms with Crippen LogP contribution < -0.4 is 10.1 Å². The summed E-state index contributed by atoms with van der Waals surface area (Å²) in [5.41, 5.74) is 0.454. The minimum atomic E-state index is -0.623. The summed E-state index contributed by atoms with van der Waals surface area (Å²) < 4.78 is 5.45. The van der Waals surface area contributed by atoms with E-state index in [4.69, 9.17) is 21.6 Å². The SMILES string of the molecule is CCCNC(=O)[C@H](C)Oc1ccc(C#N)cc1Cl. The zero-order valence-corrected chi connectivity index (χ0v) is 11.1. The number of amides is 1. The van der Waals surface area contributed by atoms with E-state index < -0.39 is 6.10 Å². The quantitative estimate of drug-likeness (QED) is 0.891. The van der Waals surface area contributed by atoms with Crippen molar-refractivity contribution in [3.05, 3.63) is 28.8 Å². The van der Waals surface area contributed by atoms with Crippen molar-refractivity contribution in [3.8, 4) is 11.8 Å². The van der Waals surface area contributed by atoms with Crippen molar-refractivity contribution in [2.24, 2.45) is 0 Å². The number of nitrogens with one attached hydrogen (secondary N) is 1.